The van der Waals surface area contributed by atoms with Crippen LogP contribution in [0.2, 0.25) is 0 Å². The summed E-state index contributed by atoms with van der Waals surface area (Å²) in [6.07, 6.45) is 0. The van der Waals surface area contributed by atoms with Crippen molar-refractivity contribution in [3.05, 3.63) is 59.7 Å². The number of alkyl halides is 1. The third-order valence-corrected chi connectivity index (χ3v) is 4.20. The summed E-state index contributed by atoms with van der Waals surface area (Å²) in [7, 11) is 0. The first-order chi connectivity index (χ1) is 11.2. The van der Waals surface area contributed by atoms with Crippen LogP contribution in [0.3, 0.4) is 0 Å². The van der Waals surface area contributed by atoms with Crippen molar-refractivity contribution in [2.75, 3.05) is 12.7 Å². The van der Waals surface area contributed by atoms with Crippen molar-refractivity contribution in [3.63, 3.8) is 0 Å². The Morgan fingerprint density at radius 3 is 2.65 bits per heavy atom. The lowest BCUT2D eigenvalue weighted by atomic mass is 10.1. The molecular formula is C18H18ClNO3. The van der Waals surface area contributed by atoms with Gasteiger partial charge in [-0.2, -0.15) is 0 Å². The fourth-order valence-corrected chi connectivity index (χ4v) is 2.82. The summed E-state index contributed by atoms with van der Waals surface area (Å²) in [4.78, 5) is 14.1. The first-order valence-electron chi connectivity index (χ1n) is 7.48. The second-order valence-corrected chi connectivity index (χ2v) is 5.70. The predicted octanol–water partition coefficient (Wildman–Crippen LogP) is 3.74. The van der Waals surface area contributed by atoms with Gasteiger partial charge in [-0.15, -0.1) is 11.6 Å². The molecule has 2 aromatic rings. The van der Waals surface area contributed by atoms with Gasteiger partial charge in [0.05, 0.1) is 6.04 Å². The number of hydrogen-bond donors (Lipinski definition) is 0. The minimum atomic E-state index is -0.0966. The summed E-state index contributed by atoms with van der Waals surface area (Å²) in [5, 5.41) is 0. The van der Waals surface area contributed by atoms with Gasteiger partial charge < -0.3 is 14.4 Å². The van der Waals surface area contributed by atoms with E-state index in [1.807, 2.05) is 55.5 Å². The average Bonchev–Trinajstić information content (AvgIpc) is 3.07. The number of benzene rings is 2. The van der Waals surface area contributed by atoms with Crippen LogP contribution < -0.4 is 9.47 Å². The molecule has 2 aromatic carbocycles. The van der Waals surface area contributed by atoms with Gasteiger partial charge >= 0.3 is 0 Å². The van der Waals surface area contributed by atoms with Crippen molar-refractivity contribution in [1.82, 2.24) is 4.90 Å². The minimum absolute atomic E-state index is 0.0400. The van der Waals surface area contributed by atoms with Gasteiger partial charge in [-0.1, -0.05) is 36.4 Å². The van der Waals surface area contributed by atoms with Crippen LogP contribution in [-0.4, -0.2) is 23.5 Å². The number of amides is 1. The lowest BCUT2D eigenvalue weighted by Gasteiger charge is -2.29. The van der Waals surface area contributed by atoms with Crippen molar-refractivity contribution in [3.8, 4) is 11.5 Å². The first-order valence-corrected chi connectivity index (χ1v) is 8.01. The minimum Gasteiger partial charge on any atom is -0.454 e. The van der Waals surface area contributed by atoms with E-state index in [-0.39, 0.29) is 24.6 Å². The van der Waals surface area contributed by atoms with Gasteiger partial charge in [-0.25, -0.2) is 0 Å². The van der Waals surface area contributed by atoms with E-state index in [1.54, 1.807) is 4.90 Å². The summed E-state index contributed by atoms with van der Waals surface area (Å²) in [5.74, 6) is 1.32. The predicted molar refractivity (Wildman–Crippen MR) is 88.7 cm³/mol. The molecule has 0 spiro atoms. The van der Waals surface area contributed by atoms with Gasteiger partial charge in [0.2, 0.25) is 12.7 Å². The average molecular weight is 332 g/mol. The summed E-state index contributed by atoms with van der Waals surface area (Å²) in [6.45, 7) is 2.72. The highest BCUT2D eigenvalue weighted by molar-refractivity contribution is 6.27. The fraction of sp³-hybridized carbons (Fsp3) is 0.278. The summed E-state index contributed by atoms with van der Waals surface area (Å²) >= 11 is 5.80. The third-order valence-electron chi connectivity index (χ3n) is 3.97. The molecule has 0 radical (unpaired) electrons. The van der Waals surface area contributed by atoms with Gasteiger partial charge in [-0.05, 0) is 30.2 Å². The largest absolute Gasteiger partial charge is 0.454 e. The normalized spacial score (nSPS) is 13.7. The van der Waals surface area contributed by atoms with Crippen LogP contribution in [0.5, 0.6) is 11.5 Å². The Hall–Kier alpha value is -2.20. The van der Waals surface area contributed by atoms with Gasteiger partial charge in [0.25, 0.3) is 0 Å². The van der Waals surface area contributed by atoms with Crippen LogP contribution in [0.15, 0.2) is 48.5 Å². The zero-order chi connectivity index (χ0) is 16.2. The molecule has 1 amide bonds. The molecule has 120 valence electrons. The van der Waals surface area contributed by atoms with Crippen molar-refractivity contribution in [2.45, 2.75) is 19.5 Å². The van der Waals surface area contributed by atoms with E-state index in [1.165, 1.54) is 0 Å². The van der Waals surface area contributed by atoms with E-state index < -0.39 is 0 Å². The van der Waals surface area contributed by atoms with Crippen LogP contribution in [0.4, 0.5) is 0 Å². The molecule has 0 aromatic heterocycles. The molecule has 0 bridgehead atoms. The Balaban J connectivity index is 1.83. The van der Waals surface area contributed by atoms with E-state index >= 15 is 0 Å². The van der Waals surface area contributed by atoms with E-state index in [9.17, 15) is 4.79 Å². The van der Waals surface area contributed by atoms with Crippen LogP contribution in [0, 0.1) is 0 Å². The van der Waals surface area contributed by atoms with Crippen LogP contribution in [0.1, 0.15) is 24.1 Å². The van der Waals surface area contributed by atoms with Crippen molar-refractivity contribution < 1.29 is 14.3 Å². The Bertz CT molecular complexity index is 690. The topological polar surface area (TPSA) is 38.8 Å². The molecule has 1 aliphatic heterocycles. The Labute approximate surface area is 140 Å². The lowest BCUT2D eigenvalue weighted by Crippen LogP contribution is -2.34. The van der Waals surface area contributed by atoms with Gasteiger partial charge in [0.1, 0.15) is 5.88 Å². The third kappa shape index (κ3) is 3.42. The van der Waals surface area contributed by atoms with Crippen molar-refractivity contribution in [2.24, 2.45) is 0 Å². The molecule has 1 atom stereocenters. The van der Waals surface area contributed by atoms with Crippen molar-refractivity contribution in [1.29, 1.82) is 0 Å². The number of carbonyl (C=O) groups is 1. The number of ether oxygens (including phenoxy) is 2. The number of nitrogens with zero attached hydrogens (tertiary/aromatic N) is 1. The second-order valence-electron chi connectivity index (χ2n) is 5.43. The Morgan fingerprint density at radius 1 is 1.17 bits per heavy atom. The van der Waals surface area contributed by atoms with Gasteiger partial charge in [0, 0.05) is 6.54 Å². The standard InChI is InChI=1S/C18H18ClNO3/c1-13(15-5-3-2-4-6-15)20(18(21)10-19)11-14-7-8-16-17(9-14)23-12-22-16/h2-9,13H,10-12H2,1H3. The maximum Gasteiger partial charge on any atom is 0.238 e. The van der Waals surface area contributed by atoms with Crippen LogP contribution in [0.25, 0.3) is 0 Å². The zero-order valence-electron chi connectivity index (χ0n) is 12.9. The molecule has 1 unspecified atom stereocenters. The summed E-state index contributed by atoms with van der Waals surface area (Å²) in [6, 6.07) is 15.6. The number of halogens is 1. The molecule has 1 heterocycles. The highest BCUT2D eigenvalue weighted by Gasteiger charge is 2.22. The smallest absolute Gasteiger partial charge is 0.238 e. The first kappa shape index (κ1) is 15.7. The number of hydrogen-bond acceptors (Lipinski definition) is 3. The molecule has 4 nitrogen and oxygen atoms in total. The lowest BCUT2D eigenvalue weighted by molar-refractivity contribution is -0.131. The number of carbonyl (C=O) groups excluding carboxylic acids is 1. The highest BCUT2D eigenvalue weighted by Crippen LogP contribution is 2.33. The monoisotopic (exact) mass is 331 g/mol. The fourth-order valence-electron chi connectivity index (χ4n) is 2.67. The number of rotatable bonds is 5. The molecule has 1 aliphatic rings. The van der Waals surface area contributed by atoms with E-state index in [2.05, 4.69) is 0 Å². The zero-order valence-corrected chi connectivity index (χ0v) is 13.6. The summed E-state index contributed by atoms with van der Waals surface area (Å²) < 4.78 is 10.7. The van der Waals surface area contributed by atoms with Crippen LogP contribution >= 0.6 is 11.6 Å². The van der Waals surface area contributed by atoms with Crippen LogP contribution in [-0.2, 0) is 11.3 Å². The molecule has 0 N–H and O–H groups in total. The molecule has 0 aliphatic carbocycles. The quantitative estimate of drug-likeness (QED) is 0.783. The number of fused-ring (bicyclic) bond motifs is 1. The molecule has 0 fully saturated rings. The van der Waals surface area contributed by atoms with Gasteiger partial charge in [0.15, 0.2) is 11.5 Å². The molecule has 3 rings (SSSR count). The Kier molecular flexibility index (Phi) is 4.72. The summed E-state index contributed by atoms with van der Waals surface area (Å²) in [5.41, 5.74) is 2.06. The SMILES string of the molecule is CC(c1ccccc1)N(Cc1ccc2c(c1)OCO2)C(=O)CCl. The maximum absolute atomic E-state index is 12.3. The van der Waals surface area contributed by atoms with E-state index in [0.29, 0.717) is 12.3 Å². The van der Waals surface area contributed by atoms with E-state index in [0.717, 1.165) is 16.9 Å². The van der Waals surface area contributed by atoms with E-state index in [4.69, 9.17) is 21.1 Å². The highest BCUT2D eigenvalue weighted by atomic mass is 35.5. The molecule has 23 heavy (non-hydrogen) atoms. The second kappa shape index (κ2) is 6.92. The van der Waals surface area contributed by atoms with Gasteiger partial charge in [-0.3, -0.25) is 4.79 Å². The molecule has 5 heteroatoms. The maximum atomic E-state index is 12.3. The molecule has 0 saturated carbocycles. The van der Waals surface area contributed by atoms with Crippen molar-refractivity contribution >= 4 is 17.5 Å². The molecule has 0 saturated heterocycles. The molecular weight excluding hydrogens is 314 g/mol. The Morgan fingerprint density at radius 2 is 1.91 bits per heavy atom.